The highest BCUT2D eigenvalue weighted by atomic mass is 35.5. The van der Waals surface area contributed by atoms with Crippen LogP contribution in [-0.4, -0.2) is 32.1 Å². The number of halogens is 1. The summed E-state index contributed by atoms with van der Waals surface area (Å²) in [7, 11) is 3.19. The maximum Gasteiger partial charge on any atom is 0.238 e. The van der Waals surface area contributed by atoms with Gasteiger partial charge in [-0.2, -0.15) is 5.26 Å². The number of nitrogens with zero attached hydrogens (tertiary/aromatic N) is 2. The molecule has 0 aliphatic rings. The van der Waals surface area contributed by atoms with E-state index in [2.05, 4.69) is 11.1 Å². The average molecular weight is 503 g/mol. The van der Waals surface area contributed by atoms with Crippen LogP contribution in [0.4, 0.5) is 5.88 Å². The summed E-state index contributed by atoms with van der Waals surface area (Å²) in [5, 5.41) is 20.3. The van der Waals surface area contributed by atoms with Gasteiger partial charge in [0, 0.05) is 17.3 Å². The maximum absolute atomic E-state index is 10.1. The zero-order valence-electron chi connectivity index (χ0n) is 19.9. The van der Waals surface area contributed by atoms with E-state index in [0.717, 1.165) is 11.1 Å². The molecule has 36 heavy (non-hydrogen) atoms. The number of furan rings is 1. The van der Waals surface area contributed by atoms with E-state index in [4.69, 9.17) is 30.2 Å². The van der Waals surface area contributed by atoms with Gasteiger partial charge in [-0.25, -0.2) is 4.99 Å². The third-order valence-electron chi connectivity index (χ3n) is 5.41. The third-order valence-corrected chi connectivity index (χ3v) is 5.70. The molecule has 7 nitrogen and oxygen atoms in total. The Hall–Kier alpha value is -4.41. The van der Waals surface area contributed by atoms with E-state index in [1.807, 2.05) is 48.5 Å². The fourth-order valence-electron chi connectivity index (χ4n) is 3.66. The molecule has 1 heterocycles. The number of nitriles is 1. The molecule has 0 atom stereocenters. The SMILES string of the molecule is CCOc1cc(/C=N/c2oc(-c3ccc(OC)cc3)c(-c3ccc(OC)cc3)c2C#N)cc(Cl)c1O. The van der Waals surface area contributed by atoms with E-state index in [0.29, 0.717) is 35.0 Å². The van der Waals surface area contributed by atoms with E-state index < -0.39 is 0 Å². The highest BCUT2D eigenvalue weighted by Crippen LogP contribution is 2.43. The van der Waals surface area contributed by atoms with Gasteiger partial charge in [0.1, 0.15) is 28.9 Å². The number of benzene rings is 3. The number of hydrogen-bond acceptors (Lipinski definition) is 7. The Bertz CT molecular complexity index is 1440. The number of rotatable bonds is 8. The molecule has 0 unspecified atom stereocenters. The largest absolute Gasteiger partial charge is 0.503 e. The fraction of sp³-hybridized carbons (Fsp3) is 0.143. The van der Waals surface area contributed by atoms with Crippen molar-refractivity contribution in [1.82, 2.24) is 0 Å². The van der Waals surface area contributed by atoms with Crippen LogP contribution < -0.4 is 14.2 Å². The lowest BCUT2D eigenvalue weighted by atomic mass is 9.98. The number of aromatic hydroxyl groups is 1. The smallest absolute Gasteiger partial charge is 0.238 e. The first-order valence-corrected chi connectivity index (χ1v) is 11.4. The molecule has 8 heteroatoms. The molecule has 0 radical (unpaired) electrons. The molecule has 4 rings (SSSR count). The monoisotopic (exact) mass is 502 g/mol. The van der Waals surface area contributed by atoms with Crippen molar-refractivity contribution < 1.29 is 23.7 Å². The molecule has 0 saturated heterocycles. The minimum Gasteiger partial charge on any atom is -0.503 e. The van der Waals surface area contributed by atoms with Gasteiger partial charge < -0.3 is 23.7 Å². The van der Waals surface area contributed by atoms with Gasteiger partial charge in [0.2, 0.25) is 5.88 Å². The van der Waals surface area contributed by atoms with Gasteiger partial charge in [-0.3, -0.25) is 0 Å². The lowest BCUT2D eigenvalue weighted by Crippen LogP contribution is -1.94. The van der Waals surface area contributed by atoms with E-state index in [-0.39, 0.29) is 28.0 Å². The molecule has 0 aliphatic heterocycles. The number of hydrogen-bond donors (Lipinski definition) is 1. The standard InChI is InChI=1S/C28H23ClN2O5/c1-4-35-24-14-17(13-23(29)26(24)32)16-31-28-22(15-30)25(18-5-9-20(33-2)10-6-18)27(36-28)19-7-11-21(34-3)12-8-19/h5-14,16,32H,4H2,1-3H3/b31-16+. The second kappa shape index (κ2) is 10.9. The number of phenolic OH excluding ortho intramolecular Hbond substituents is 1. The Morgan fingerprint density at radius 3 is 2.17 bits per heavy atom. The zero-order chi connectivity index (χ0) is 25.7. The summed E-state index contributed by atoms with van der Waals surface area (Å²) < 4.78 is 22.1. The van der Waals surface area contributed by atoms with Gasteiger partial charge in [-0.1, -0.05) is 23.7 Å². The molecule has 0 spiro atoms. The van der Waals surface area contributed by atoms with Gasteiger partial charge >= 0.3 is 0 Å². The zero-order valence-corrected chi connectivity index (χ0v) is 20.7. The van der Waals surface area contributed by atoms with Crippen molar-refractivity contribution in [3.8, 4) is 51.5 Å². The highest BCUT2D eigenvalue weighted by Gasteiger charge is 2.23. The molecule has 1 N–H and O–H groups in total. The molecule has 0 bridgehead atoms. The summed E-state index contributed by atoms with van der Waals surface area (Å²) in [6, 6.07) is 20.1. The summed E-state index contributed by atoms with van der Waals surface area (Å²) >= 11 is 6.15. The third kappa shape index (κ3) is 4.99. The number of phenols is 1. The van der Waals surface area contributed by atoms with Crippen LogP contribution in [0.15, 0.2) is 70.1 Å². The summed E-state index contributed by atoms with van der Waals surface area (Å²) in [4.78, 5) is 4.46. The minimum absolute atomic E-state index is 0.125. The van der Waals surface area contributed by atoms with Crippen molar-refractivity contribution >= 4 is 23.7 Å². The second-order valence-electron chi connectivity index (χ2n) is 7.60. The summed E-state index contributed by atoms with van der Waals surface area (Å²) in [6.45, 7) is 2.16. The second-order valence-corrected chi connectivity index (χ2v) is 8.00. The highest BCUT2D eigenvalue weighted by molar-refractivity contribution is 6.32. The number of ether oxygens (including phenoxy) is 3. The molecular formula is C28H23ClN2O5. The van der Waals surface area contributed by atoms with Gasteiger partial charge in [0.05, 0.1) is 25.8 Å². The van der Waals surface area contributed by atoms with Gasteiger partial charge in [0.25, 0.3) is 0 Å². The van der Waals surface area contributed by atoms with Crippen LogP contribution in [0.25, 0.3) is 22.5 Å². The summed E-state index contributed by atoms with van der Waals surface area (Å²) in [5.74, 6) is 2.12. The van der Waals surface area contributed by atoms with Crippen LogP contribution in [0.5, 0.6) is 23.0 Å². The first-order valence-electron chi connectivity index (χ1n) is 11.0. The Morgan fingerprint density at radius 1 is 1.00 bits per heavy atom. The summed E-state index contributed by atoms with van der Waals surface area (Å²) in [6.07, 6.45) is 1.50. The molecule has 1 aromatic heterocycles. The van der Waals surface area contributed by atoms with Crippen molar-refractivity contribution in [2.24, 2.45) is 4.99 Å². The maximum atomic E-state index is 10.1. The van der Waals surface area contributed by atoms with Crippen LogP contribution >= 0.6 is 11.6 Å². The van der Waals surface area contributed by atoms with E-state index in [9.17, 15) is 10.4 Å². The Kier molecular flexibility index (Phi) is 7.47. The van der Waals surface area contributed by atoms with E-state index >= 15 is 0 Å². The minimum atomic E-state index is -0.144. The predicted molar refractivity (Wildman–Crippen MR) is 139 cm³/mol. The topological polar surface area (TPSA) is 97.2 Å². The predicted octanol–water partition coefficient (Wildman–Crippen LogP) is 7.01. The van der Waals surface area contributed by atoms with Crippen molar-refractivity contribution in [2.75, 3.05) is 20.8 Å². The van der Waals surface area contributed by atoms with Gasteiger partial charge in [-0.15, -0.1) is 0 Å². The van der Waals surface area contributed by atoms with Crippen molar-refractivity contribution in [1.29, 1.82) is 5.26 Å². The first-order chi connectivity index (χ1) is 17.5. The molecule has 0 aliphatic carbocycles. The number of aliphatic imine (C=N–C) groups is 1. The normalized spacial score (nSPS) is 10.9. The van der Waals surface area contributed by atoms with Crippen LogP contribution in [0.2, 0.25) is 5.02 Å². The van der Waals surface area contributed by atoms with Crippen molar-refractivity contribution in [3.63, 3.8) is 0 Å². The van der Waals surface area contributed by atoms with Crippen LogP contribution in [-0.2, 0) is 0 Å². The fourth-order valence-corrected chi connectivity index (χ4v) is 3.88. The van der Waals surface area contributed by atoms with Crippen LogP contribution in [0, 0.1) is 11.3 Å². The van der Waals surface area contributed by atoms with Crippen LogP contribution in [0.1, 0.15) is 18.1 Å². The van der Waals surface area contributed by atoms with Gasteiger partial charge in [0.15, 0.2) is 11.5 Å². The molecule has 3 aromatic carbocycles. The molecule has 0 fully saturated rings. The number of methoxy groups -OCH3 is 2. The molecule has 4 aromatic rings. The molecule has 182 valence electrons. The first kappa shape index (κ1) is 24.7. The Balaban J connectivity index is 1.85. The quantitative estimate of drug-likeness (QED) is 0.260. The van der Waals surface area contributed by atoms with Gasteiger partial charge in [-0.05, 0) is 66.6 Å². The van der Waals surface area contributed by atoms with Crippen molar-refractivity contribution in [3.05, 3.63) is 76.8 Å². The average Bonchev–Trinajstić information content (AvgIpc) is 3.28. The van der Waals surface area contributed by atoms with E-state index in [1.165, 1.54) is 6.21 Å². The van der Waals surface area contributed by atoms with E-state index in [1.54, 1.807) is 33.3 Å². The lowest BCUT2D eigenvalue weighted by Gasteiger charge is -2.07. The Labute approximate surface area is 213 Å². The molecule has 0 amide bonds. The molecular weight excluding hydrogens is 480 g/mol. The lowest BCUT2D eigenvalue weighted by molar-refractivity contribution is 0.318. The van der Waals surface area contributed by atoms with Crippen molar-refractivity contribution in [2.45, 2.75) is 6.92 Å². The Morgan fingerprint density at radius 2 is 1.61 bits per heavy atom. The van der Waals surface area contributed by atoms with Crippen LogP contribution in [0.3, 0.4) is 0 Å². The molecule has 0 saturated carbocycles. The summed E-state index contributed by atoms with van der Waals surface area (Å²) in [5.41, 5.74) is 2.98.